The molecular formula is C14H14FN3O. The molecule has 0 aliphatic carbocycles. The second kappa shape index (κ2) is 4.63. The summed E-state index contributed by atoms with van der Waals surface area (Å²) in [6.45, 7) is 0. The Bertz CT molecular complexity index is 566. The molecule has 2 aliphatic heterocycles. The summed E-state index contributed by atoms with van der Waals surface area (Å²) in [7, 11) is 0. The molecule has 2 N–H and O–H groups in total. The van der Waals surface area contributed by atoms with E-state index in [1.807, 2.05) is 6.07 Å². The second-order valence-electron chi connectivity index (χ2n) is 5.19. The Labute approximate surface area is 110 Å². The van der Waals surface area contributed by atoms with E-state index in [0.29, 0.717) is 6.04 Å². The van der Waals surface area contributed by atoms with Gasteiger partial charge >= 0.3 is 0 Å². The van der Waals surface area contributed by atoms with E-state index in [1.165, 1.54) is 12.1 Å². The Hall–Kier alpha value is -1.93. The molecule has 2 bridgehead atoms. The van der Waals surface area contributed by atoms with Crippen LogP contribution in [0.15, 0.2) is 18.2 Å². The number of hydrogen-bond donors (Lipinski definition) is 2. The SMILES string of the molecule is N#Cc1ccc(NC(=O)C2CC3CCC2N3)c(F)c1. The van der Waals surface area contributed by atoms with Gasteiger partial charge < -0.3 is 10.6 Å². The Balaban J connectivity index is 1.72. The van der Waals surface area contributed by atoms with Gasteiger partial charge in [-0.1, -0.05) is 0 Å². The van der Waals surface area contributed by atoms with E-state index in [4.69, 9.17) is 5.26 Å². The summed E-state index contributed by atoms with van der Waals surface area (Å²) in [5, 5.41) is 14.7. The predicted molar refractivity (Wildman–Crippen MR) is 67.8 cm³/mol. The molecule has 98 valence electrons. The van der Waals surface area contributed by atoms with Crippen LogP contribution in [0.1, 0.15) is 24.8 Å². The molecule has 3 rings (SSSR count). The summed E-state index contributed by atoms with van der Waals surface area (Å²) in [6.07, 6.45) is 2.96. The lowest BCUT2D eigenvalue weighted by Crippen LogP contribution is -2.33. The smallest absolute Gasteiger partial charge is 0.229 e. The van der Waals surface area contributed by atoms with Crippen molar-refractivity contribution in [1.82, 2.24) is 5.32 Å². The average Bonchev–Trinajstić information content (AvgIpc) is 3.03. The molecule has 4 nitrogen and oxygen atoms in total. The average molecular weight is 259 g/mol. The number of nitrogens with zero attached hydrogens (tertiary/aromatic N) is 1. The van der Waals surface area contributed by atoms with Crippen LogP contribution in [-0.4, -0.2) is 18.0 Å². The summed E-state index contributed by atoms with van der Waals surface area (Å²) in [4.78, 5) is 12.1. The van der Waals surface area contributed by atoms with E-state index in [1.54, 1.807) is 0 Å². The standard InChI is InChI=1S/C14H14FN3O/c15-11-5-8(7-16)1-3-13(11)18-14(19)10-6-9-2-4-12(10)17-9/h1,3,5,9-10,12,17H,2,4,6H2,(H,18,19). The van der Waals surface area contributed by atoms with Crippen molar-refractivity contribution in [3.63, 3.8) is 0 Å². The van der Waals surface area contributed by atoms with Crippen LogP contribution in [0.25, 0.3) is 0 Å². The molecule has 2 saturated heterocycles. The van der Waals surface area contributed by atoms with E-state index in [-0.39, 0.29) is 29.1 Å². The topological polar surface area (TPSA) is 64.9 Å². The maximum atomic E-state index is 13.7. The zero-order valence-electron chi connectivity index (χ0n) is 10.3. The number of fused-ring (bicyclic) bond motifs is 2. The fraction of sp³-hybridized carbons (Fsp3) is 0.429. The summed E-state index contributed by atoms with van der Waals surface area (Å²) < 4.78 is 13.7. The van der Waals surface area contributed by atoms with Crippen molar-refractivity contribution in [2.24, 2.45) is 5.92 Å². The van der Waals surface area contributed by atoms with Crippen LogP contribution in [0, 0.1) is 23.1 Å². The molecule has 1 amide bonds. The summed E-state index contributed by atoms with van der Waals surface area (Å²) in [5.41, 5.74) is 0.392. The van der Waals surface area contributed by atoms with Crippen LogP contribution in [0.4, 0.5) is 10.1 Å². The van der Waals surface area contributed by atoms with Crippen molar-refractivity contribution in [2.75, 3.05) is 5.32 Å². The molecule has 0 aromatic heterocycles. The number of carbonyl (C=O) groups excluding carboxylic acids is 1. The molecule has 2 fully saturated rings. The summed E-state index contributed by atoms with van der Waals surface area (Å²) in [5.74, 6) is -0.777. The van der Waals surface area contributed by atoms with Gasteiger partial charge in [-0.3, -0.25) is 4.79 Å². The largest absolute Gasteiger partial charge is 0.323 e. The number of nitriles is 1. The minimum absolute atomic E-state index is 0.0752. The lowest BCUT2D eigenvalue weighted by atomic mass is 9.88. The summed E-state index contributed by atoms with van der Waals surface area (Å²) in [6, 6.07) is 6.60. The van der Waals surface area contributed by atoms with Crippen LogP contribution < -0.4 is 10.6 Å². The molecule has 3 unspecified atom stereocenters. The van der Waals surface area contributed by atoms with E-state index in [9.17, 15) is 9.18 Å². The van der Waals surface area contributed by atoms with Crippen molar-refractivity contribution in [1.29, 1.82) is 5.26 Å². The Morgan fingerprint density at radius 3 is 2.89 bits per heavy atom. The molecule has 0 saturated carbocycles. The van der Waals surface area contributed by atoms with Gasteiger partial charge in [-0.05, 0) is 37.5 Å². The number of halogens is 1. The number of anilines is 1. The molecule has 5 heteroatoms. The Morgan fingerprint density at radius 1 is 1.47 bits per heavy atom. The van der Waals surface area contributed by atoms with Gasteiger partial charge in [0.2, 0.25) is 5.91 Å². The van der Waals surface area contributed by atoms with Crippen LogP contribution in [0.3, 0.4) is 0 Å². The third-order valence-corrected chi connectivity index (χ3v) is 3.99. The van der Waals surface area contributed by atoms with E-state index < -0.39 is 5.82 Å². The van der Waals surface area contributed by atoms with Gasteiger partial charge in [0.25, 0.3) is 0 Å². The highest BCUT2D eigenvalue weighted by molar-refractivity contribution is 5.93. The fourth-order valence-electron chi connectivity index (χ4n) is 3.03. The maximum Gasteiger partial charge on any atom is 0.229 e. The van der Waals surface area contributed by atoms with Gasteiger partial charge in [0.1, 0.15) is 5.82 Å². The third-order valence-electron chi connectivity index (χ3n) is 3.99. The third kappa shape index (κ3) is 2.20. The molecule has 19 heavy (non-hydrogen) atoms. The van der Waals surface area contributed by atoms with Crippen molar-refractivity contribution in [3.8, 4) is 6.07 Å². The highest BCUT2D eigenvalue weighted by Crippen LogP contribution is 2.34. The van der Waals surface area contributed by atoms with Crippen LogP contribution >= 0.6 is 0 Å². The van der Waals surface area contributed by atoms with Gasteiger partial charge in [0.05, 0.1) is 23.2 Å². The predicted octanol–water partition coefficient (Wildman–Crippen LogP) is 1.78. The fourth-order valence-corrected chi connectivity index (χ4v) is 3.03. The highest BCUT2D eigenvalue weighted by atomic mass is 19.1. The number of amides is 1. The molecule has 3 atom stereocenters. The minimum Gasteiger partial charge on any atom is -0.323 e. The number of nitrogens with one attached hydrogen (secondary N) is 2. The molecule has 0 radical (unpaired) electrons. The molecule has 1 aromatic rings. The Morgan fingerprint density at radius 2 is 2.32 bits per heavy atom. The maximum absolute atomic E-state index is 13.7. The van der Waals surface area contributed by atoms with Gasteiger partial charge in [0.15, 0.2) is 0 Å². The number of benzene rings is 1. The van der Waals surface area contributed by atoms with Gasteiger partial charge in [0, 0.05) is 12.1 Å². The lowest BCUT2D eigenvalue weighted by molar-refractivity contribution is -0.120. The summed E-state index contributed by atoms with van der Waals surface area (Å²) >= 11 is 0. The second-order valence-corrected chi connectivity index (χ2v) is 5.19. The van der Waals surface area contributed by atoms with E-state index in [2.05, 4.69) is 10.6 Å². The van der Waals surface area contributed by atoms with E-state index in [0.717, 1.165) is 25.3 Å². The normalized spacial score (nSPS) is 28.1. The van der Waals surface area contributed by atoms with Crippen molar-refractivity contribution in [2.45, 2.75) is 31.3 Å². The van der Waals surface area contributed by atoms with Crippen molar-refractivity contribution in [3.05, 3.63) is 29.6 Å². The van der Waals surface area contributed by atoms with Crippen molar-refractivity contribution < 1.29 is 9.18 Å². The number of rotatable bonds is 2. The van der Waals surface area contributed by atoms with Gasteiger partial charge in [-0.2, -0.15) is 5.26 Å². The first-order valence-electron chi connectivity index (χ1n) is 6.44. The van der Waals surface area contributed by atoms with E-state index >= 15 is 0 Å². The first-order chi connectivity index (χ1) is 9.17. The molecule has 2 aliphatic rings. The first-order valence-corrected chi connectivity index (χ1v) is 6.44. The monoisotopic (exact) mass is 259 g/mol. The molecule has 0 spiro atoms. The van der Waals surface area contributed by atoms with Crippen LogP contribution in [-0.2, 0) is 4.79 Å². The molecular weight excluding hydrogens is 245 g/mol. The highest BCUT2D eigenvalue weighted by Gasteiger charge is 2.42. The first kappa shape index (κ1) is 12.1. The van der Waals surface area contributed by atoms with Gasteiger partial charge in [-0.15, -0.1) is 0 Å². The zero-order valence-corrected chi connectivity index (χ0v) is 10.3. The van der Waals surface area contributed by atoms with Gasteiger partial charge in [-0.25, -0.2) is 4.39 Å². The minimum atomic E-state index is -0.566. The molecule has 2 heterocycles. The quantitative estimate of drug-likeness (QED) is 0.850. The zero-order chi connectivity index (χ0) is 13.4. The molecule has 1 aromatic carbocycles. The number of hydrogen-bond acceptors (Lipinski definition) is 3. The lowest BCUT2D eigenvalue weighted by Gasteiger charge is -2.19. The van der Waals surface area contributed by atoms with Crippen molar-refractivity contribution >= 4 is 11.6 Å². The van der Waals surface area contributed by atoms with Crippen LogP contribution in [0.2, 0.25) is 0 Å². The Kier molecular flexibility index (Phi) is 2.96. The number of carbonyl (C=O) groups is 1. The van der Waals surface area contributed by atoms with Crippen LogP contribution in [0.5, 0.6) is 0 Å².